The monoisotopic (exact) mass is 231 g/mol. The van der Waals surface area contributed by atoms with Crippen LogP contribution in [0, 0.1) is 11.3 Å². The number of aromatic nitrogens is 1. The Bertz CT molecular complexity index is 394. The molecule has 0 radical (unpaired) electrons. The number of ether oxygens (including phenoxy) is 1. The van der Waals surface area contributed by atoms with E-state index < -0.39 is 0 Å². The van der Waals surface area contributed by atoms with Crippen LogP contribution in [0.3, 0.4) is 0 Å². The molecule has 4 heteroatoms. The van der Waals surface area contributed by atoms with Crippen LogP contribution in [0.1, 0.15) is 31.2 Å². The number of rotatable bonds is 4. The summed E-state index contributed by atoms with van der Waals surface area (Å²) in [6.45, 7) is 1.71. The minimum atomic E-state index is 0.374. The van der Waals surface area contributed by atoms with Crippen LogP contribution in [0.4, 0.5) is 5.69 Å². The zero-order chi connectivity index (χ0) is 11.9. The molecule has 17 heavy (non-hydrogen) atoms. The number of anilines is 1. The third-order valence-electron chi connectivity index (χ3n) is 3.00. The molecule has 1 aromatic rings. The van der Waals surface area contributed by atoms with Crippen LogP contribution in [-0.2, 0) is 4.74 Å². The maximum atomic E-state index is 8.92. The fourth-order valence-electron chi connectivity index (χ4n) is 2.04. The minimum Gasteiger partial charge on any atom is -0.383 e. The van der Waals surface area contributed by atoms with Gasteiger partial charge in [-0.25, -0.2) is 0 Å². The van der Waals surface area contributed by atoms with Crippen LogP contribution in [0.2, 0.25) is 0 Å². The topological polar surface area (TPSA) is 57.9 Å². The first-order valence-corrected chi connectivity index (χ1v) is 6.10. The highest BCUT2D eigenvalue weighted by Crippen LogP contribution is 2.16. The Morgan fingerprint density at radius 2 is 2.47 bits per heavy atom. The molecule has 1 unspecified atom stereocenters. The molecule has 0 aliphatic carbocycles. The van der Waals surface area contributed by atoms with Gasteiger partial charge in [0.2, 0.25) is 0 Å². The van der Waals surface area contributed by atoms with E-state index in [1.807, 2.05) is 0 Å². The molecule has 1 aliphatic rings. The minimum absolute atomic E-state index is 0.374. The molecule has 2 heterocycles. The summed E-state index contributed by atoms with van der Waals surface area (Å²) in [5, 5.41) is 12.2. The van der Waals surface area contributed by atoms with Gasteiger partial charge in [-0.2, -0.15) is 5.26 Å². The largest absolute Gasteiger partial charge is 0.383 e. The second-order valence-electron chi connectivity index (χ2n) is 4.24. The first-order chi connectivity index (χ1) is 8.40. The summed E-state index contributed by atoms with van der Waals surface area (Å²) >= 11 is 0. The van der Waals surface area contributed by atoms with E-state index in [1.54, 1.807) is 18.5 Å². The summed E-state index contributed by atoms with van der Waals surface area (Å²) in [4.78, 5) is 4.01. The summed E-state index contributed by atoms with van der Waals surface area (Å²) in [7, 11) is 0. The molecule has 90 valence electrons. The standard InChI is InChI=1S/C13H17N3O/c14-9-11-4-6-15-10-13(11)16-7-5-12-3-1-2-8-17-12/h4,6,10,12,16H,1-3,5,7-8H2. The number of nitrogens with zero attached hydrogens (tertiary/aromatic N) is 2. The summed E-state index contributed by atoms with van der Waals surface area (Å²) < 4.78 is 5.65. The smallest absolute Gasteiger partial charge is 0.101 e. The molecule has 0 saturated carbocycles. The van der Waals surface area contributed by atoms with Crippen LogP contribution in [0.15, 0.2) is 18.5 Å². The highest BCUT2D eigenvalue weighted by Gasteiger charge is 2.13. The molecule has 1 aliphatic heterocycles. The molecule has 1 aromatic heterocycles. The van der Waals surface area contributed by atoms with Crippen LogP contribution < -0.4 is 5.32 Å². The van der Waals surface area contributed by atoms with Crippen LogP contribution >= 0.6 is 0 Å². The van der Waals surface area contributed by atoms with Crippen LogP contribution in [0.5, 0.6) is 0 Å². The van der Waals surface area contributed by atoms with Crippen molar-refractivity contribution in [2.45, 2.75) is 31.8 Å². The SMILES string of the molecule is N#Cc1ccncc1NCCC1CCCCO1. The highest BCUT2D eigenvalue weighted by molar-refractivity contribution is 5.55. The van der Waals surface area contributed by atoms with E-state index >= 15 is 0 Å². The Hall–Kier alpha value is -1.60. The third kappa shape index (κ3) is 3.43. The molecule has 0 aromatic carbocycles. The van der Waals surface area contributed by atoms with Gasteiger partial charge < -0.3 is 10.1 Å². The number of nitrogens with one attached hydrogen (secondary N) is 1. The second kappa shape index (κ2) is 6.21. The van der Waals surface area contributed by atoms with Crippen molar-refractivity contribution < 1.29 is 4.74 Å². The lowest BCUT2D eigenvalue weighted by Crippen LogP contribution is -2.22. The van der Waals surface area contributed by atoms with Crippen molar-refractivity contribution in [3.63, 3.8) is 0 Å². The summed E-state index contributed by atoms with van der Waals surface area (Å²) in [6.07, 6.45) is 8.29. The average molecular weight is 231 g/mol. The number of hydrogen-bond acceptors (Lipinski definition) is 4. The molecule has 1 fully saturated rings. The number of hydrogen-bond donors (Lipinski definition) is 1. The quantitative estimate of drug-likeness (QED) is 0.864. The van der Waals surface area contributed by atoms with E-state index in [-0.39, 0.29) is 0 Å². The molecule has 0 spiro atoms. The van der Waals surface area contributed by atoms with Crippen molar-refractivity contribution in [1.82, 2.24) is 4.98 Å². The Balaban J connectivity index is 1.79. The van der Waals surface area contributed by atoms with Gasteiger partial charge in [0.25, 0.3) is 0 Å². The molecule has 1 atom stereocenters. The van der Waals surface area contributed by atoms with Gasteiger partial charge in [-0.1, -0.05) is 0 Å². The van der Waals surface area contributed by atoms with E-state index in [0.29, 0.717) is 11.7 Å². The van der Waals surface area contributed by atoms with E-state index in [9.17, 15) is 0 Å². The Labute approximate surface area is 102 Å². The molecule has 1 saturated heterocycles. The first-order valence-electron chi connectivity index (χ1n) is 6.10. The molecule has 2 rings (SSSR count). The van der Waals surface area contributed by atoms with Gasteiger partial charge in [-0.15, -0.1) is 0 Å². The first kappa shape index (κ1) is 11.9. The fraction of sp³-hybridized carbons (Fsp3) is 0.538. The fourth-order valence-corrected chi connectivity index (χ4v) is 2.04. The predicted molar refractivity (Wildman–Crippen MR) is 65.6 cm³/mol. The number of nitriles is 1. The van der Waals surface area contributed by atoms with Crippen LogP contribution in [0.25, 0.3) is 0 Å². The van der Waals surface area contributed by atoms with E-state index in [4.69, 9.17) is 10.00 Å². The molecule has 4 nitrogen and oxygen atoms in total. The second-order valence-corrected chi connectivity index (χ2v) is 4.24. The van der Waals surface area contributed by atoms with E-state index in [1.165, 1.54) is 12.8 Å². The molecule has 0 amide bonds. The zero-order valence-corrected chi connectivity index (χ0v) is 9.85. The van der Waals surface area contributed by atoms with Crippen LogP contribution in [-0.4, -0.2) is 24.2 Å². The van der Waals surface area contributed by atoms with Gasteiger partial charge in [0, 0.05) is 19.3 Å². The van der Waals surface area contributed by atoms with Crippen molar-refractivity contribution in [3.8, 4) is 6.07 Å². The lowest BCUT2D eigenvalue weighted by Gasteiger charge is -2.22. The van der Waals surface area contributed by atoms with Gasteiger partial charge in [0.1, 0.15) is 6.07 Å². The van der Waals surface area contributed by atoms with E-state index in [0.717, 1.165) is 31.7 Å². The zero-order valence-electron chi connectivity index (χ0n) is 9.85. The lowest BCUT2D eigenvalue weighted by atomic mass is 10.1. The lowest BCUT2D eigenvalue weighted by molar-refractivity contribution is 0.0134. The maximum Gasteiger partial charge on any atom is 0.101 e. The average Bonchev–Trinajstić information content (AvgIpc) is 2.40. The molecule has 0 bridgehead atoms. The number of pyridine rings is 1. The Morgan fingerprint density at radius 3 is 3.24 bits per heavy atom. The van der Waals surface area contributed by atoms with Gasteiger partial charge in [-0.05, 0) is 31.7 Å². The summed E-state index contributed by atoms with van der Waals surface area (Å²) in [5.74, 6) is 0. The van der Waals surface area contributed by atoms with Crippen molar-refractivity contribution in [2.24, 2.45) is 0 Å². The third-order valence-corrected chi connectivity index (χ3v) is 3.00. The summed E-state index contributed by atoms with van der Waals surface area (Å²) in [6, 6.07) is 3.87. The van der Waals surface area contributed by atoms with Crippen molar-refractivity contribution in [1.29, 1.82) is 5.26 Å². The maximum absolute atomic E-state index is 8.92. The molecule has 1 N–H and O–H groups in total. The highest BCUT2D eigenvalue weighted by atomic mass is 16.5. The van der Waals surface area contributed by atoms with Gasteiger partial charge >= 0.3 is 0 Å². The summed E-state index contributed by atoms with van der Waals surface area (Å²) in [5.41, 5.74) is 1.45. The van der Waals surface area contributed by atoms with E-state index in [2.05, 4.69) is 16.4 Å². The van der Waals surface area contributed by atoms with Gasteiger partial charge in [-0.3, -0.25) is 4.98 Å². The van der Waals surface area contributed by atoms with Gasteiger partial charge in [0.15, 0.2) is 0 Å². The Kier molecular flexibility index (Phi) is 4.34. The van der Waals surface area contributed by atoms with Crippen molar-refractivity contribution in [2.75, 3.05) is 18.5 Å². The van der Waals surface area contributed by atoms with Crippen molar-refractivity contribution in [3.05, 3.63) is 24.0 Å². The predicted octanol–water partition coefficient (Wildman–Crippen LogP) is 2.32. The Morgan fingerprint density at radius 1 is 1.53 bits per heavy atom. The molecular formula is C13H17N3O. The molecular weight excluding hydrogens is 214 g/mol. The van der Waals surface area contributed by atoms with Gasteiger partial charge in [0.05, 0.1) is 23.6 Å². The van der Waals surface area contributed by atoms with Crippen molar-refractivity contribution >= 4 is 5.69 Å². The normalized spacial score (nSPS) is 19.6.